The normalized spacial score (nSPS) is 27.4. The lowest BCUT2D eigenvalue weighted by molar-refractivity contribution is -0.146. The summed E-state index contributed by atoms with van der Waals surface area (Å²) in [6.07, 6.45) is 18.2. The second-order valence-electron chi connectivity index (χ2n) is 15.8. The van der Waals surface area contributed by atoms with Gasteiger partial charge >= 0.3 is 0 Å². The Kier molecular flexibility index (Phi) is 9.78. The number of benzene rings is 2. The van der Waals surface area contributed by atoms with Crippen molar-refractivity contribution < 1.29 is 19.4 Å². The average Bonchev–Trinajstić information content (AvgIpc) is 3.82. The van der Waals surface area contributed by atoms with Crippen LogP contribution in [-0.2, 0) is 23.1 Å². The van der Waals surface area contributed by atoms with Gasteiger partial charge in [-0.1, -0.05) is 68.9 Å². The number of carbonyl (C=O) groups is 1. The molecular formula is C41H58N2O4. The van der Waals surface area contributed by atoms with Crippen molar-refractivity contribution in [3.8, 4) is 17.2 Å². The third-order valence-electron chi connectivity index (χ3n) is 12.6. The van der Waals surface area contributed by atoms with E-state index >= 15 is 0 Å². The summed E-state index contributed by atoms with van der Waals surface area (Å²) in [4.78, 5) is 19.0. The molecule has 2 saturated carbocycles. The van der Waals surface area contributed by atoms with E-state index in [-0.39, 0.29) is 29.5 Å². The van der Waals surface area contributed by atoms with E-state index in [1.165, 1.54) is 75.5 Å². The van der Waals surface area contributed by atoms with Crippen molar-refractivity contribution >= 4 is 5.91 Å². The molecule has 3 aliphatic carbocycles. The molecule has 7 rings (SSSR count). The second kappa shape index (κ2) is 14.0. The van der Waals surface area contributed by atoms with Crippen molar-refractivity contribution in [1.29, 1.82) is 0 Å². The minimum atomic E-state index is -0.170. The first-order valence-electron chi connectivity index (χ1n) is 19.1. The third-order valence-corrected chi connectivity index (χ3v) is 12.6. The number of aryl methyl sites for hydroxylation is 1. The largest absolute Gasteiger partial charge is 0.508 e. The Hall–Kier alpha value is -2.73. The Bertz CT molecular complexity index is 1390. The van der Waals surface area contributed by atoms with Gasteiger partial charge in [0.15, 0.2) is 11.5 Å². The van der Waals surface area contributed by atoms with Gasteiger partial charge in [0.2, 0.25) is 5.91 Å². The summed E-state index contributed by atoms with van der Waals surface area (Å²) in [5, 5.41) is 11.3. The Morgan fingerprint density at radius 1 is 1.02 bits per heavy atom. The summed E-state index contributed by atoms with van der Waals surface area (Å²) in [6.45, 7) is 6.63. The number of phenols is 1. The highest BCUT2D eigenvalue weighted by Gasteiger charge is 2.67. The van der Waals surface area contributed by atoms with Gasteiger partial charge in [-0.25, -0.2) is 0 Å². The predicted molar refractivity (Wildman–Crippen MR) is 187 cm³/mol. The van der Waals surface area contributed by atoms with Gasteiger partial charge in [-0.3, -0.25) is 9.69 Å². The number of aromatic hydroxyl groups is 1. The molecule has 2 aliphatic heterocycles. The molecule has 5 atom stereocenters. The Morgan fingerprint density at radius 3 is 2.45 bits per heavy atom. The van der Waals surface area contributed by atoms with Gasteiger partial charge in [0, 0.05) is 47.7 Å². The van der Waals surface area contributed by atoms with Crippen molar-refractivity contribution in [2.45, 2.75) is 146 Å². The maximum atomic E-state index is 14.1. The molecular weight excluding hydrogens is 584 g/mol. The first-order chi connectivity index (χ1) is 22.9. The van der Waals surface area contributed by atoms with Crippen LogP contribution in [0.5, 0.6) is 17.2 Å². The SMILES string of the molecule is COc1cc(O)c2c3c1O[C@H]1[C@@H](N(C(=O)CCCCCCCCCCc4ccccc4)C(C)C)CC[C@H]4[C@@H](C2)N(CC2CC2)CC[C@@]341. The number of phenolic OH excluding ortho intramolecular Hbond substituents is 1. The third kappa shape index (κ3) is 6.29. The van der Waals surface area contributed by atoms with E-state index < -0.39 is 0 Å². The Balaban J connectivity index is 0.980. The Morgan fingerprint density at radius 2 is 1.74 bits per heavy atom. The number of nitrogens with zero attached hydrogens (tertiary/aromatic N) is 2. The van der Waals surface area contributed by atoms with Crippen molar-refractivity contribution in [2.24, 2.45) is 11.8 Å². The molecule has 2 bridgehead atoms. The summed E-state index contributed by atoms with van der Waals surface area (Å²) < 4.78 is 12.9. The molecule has 1 N–H and O–H groups in total. The zero-order chi connectivity index (χ0) is 32.5. The highest BCUT2D eigenvalue weighted by molar-refractivity contribution is 5.77. The van der Waals surface area contributed by atoms with Gasteiger partial charge in [-0.05, 0) is 95.6 Å². The van der Waals surface area contributed by atoms with Crippen LogP contribution < -0.4 is 9.47 Å². The van der Waals surface area contributed by atoms with E-state index in [1.54, 1.807) is 13.2 Å². The predicted octanol–water partition coefficient (Wildman–Crippen LogP) is 8.21. The summed E-state index contributed by atoms with van der Waals surface area (Å²) >= 11 is 0. The van der Waals surface area contributed by atoms with Crippen LogP contribution in [0.3, 0.4) is 0 Å². The van der Waals surface area contributed by atoms with Crippen molar-refractivity contribution in [2.75, 3.05) is 20.2 Å². The summed E-state index contributed by atoms with van der Waals surface area (Å²) in [5.41, 5.74) is 3.57. The van der Waals surface area contributed by atoms with Crippen molar-refractivity contribution in [3.63, 3.8) is 0 Å². The number of ether oxygens (including phenoxy) is 2. The molecule has 47 heavy (non-hydrogen) atoms. The number of hydrogen-bond donors (Lipinski definition) is 1. The van der Waals surface area contributed by atoms with Crippen LogP contribution >= 0.6 is 0 Å². The number of likely N-dealkylation sites (tertiary alicyclic amines) is 1. The highest BCUT2D eigenvalue weighted by Crippen LogP contribution is 2.66. The lowest BCUT2D eigenvalue weighted by atomic mass is 9.50. The lowest BCUT2D eigenvalue weighted by Crippen LogP contribution is -2.69. The molecule has 0 unspecified atom stereocenters. The monoisotopic (exact) mass is 642 g/mol. The van der Waals surface area contributed by atoms with Crippen LogP contribution in [0.15, 0.2) is 36.4 Å². The molecule has 2 heterocycles. The van der Waals surface area contributed by atoms with Crippen molar-refractivity contribution in [1.82, 2.24) is 9.80 Å². The average molecular weight is 643 g/mol. The zero-order valence-corrected chi connectivity index (χ0v) is 29.2. The minimum absolute atomic E-state index is 0.0375. The number of amides is 1. The lowest BCUT2D eigenvalue weighted by Gasteiger charge is -2.61. The molecule has 1 spiro atoms. The summed E-state index contributed by atoms with van der Waals surface area (Å²) in [7, 11) is 1.68. The van der Waals surface area contributed by atoms with E-state index in [9.17, 15) is 9.90 Å². The minimum Gasteiger partial charge on any atom is -0.508 e. The molecule has 2 aromatic rings. The van der Waals surface area contributed by atoms with E-state index in [0.717, 1.165) is 62.3 Å². The topological polar surface area (TPSA) is 62.2 Å². The number of rotatable bonds is 16. The first kappa shape index (κ1) is 32.8. The molecule has 5 aliphatic rings. The molecule has 1 amide bonds. The first-order valence-corrected chi connectivity index (χ1v) is 19.1. The van der Waals surface area contributed by atoms with Gasteiger partial charge in [0.05, 0.1) is 13.2 Å². The molecule has 6 heteroatoms. The fourth-order valence-corrected chi connectivity index (χ4v) is 10.2. The number of unbranched alkanes of at least 4 members (excludes halogenated alkanes) is 7. The van der Waals surface area contributed by atoms with Crippen LogP contribution in [0, 0.1) is 11.8 Å². The molecule has 6 nitrogen and oxygen atoms in total. The van der Waals surface area contributed by atoms with Crippen LogP contribution in [0.4, 0.5) is 0 Å². The van der Waals surface area contributed by atoms with Gasteiger partial charge < -0.3 is 19.5 Å². The van der Waals surface area contributed by atoms with E-state index in [4.69, 9.17) is 9.47 Å². The highest BCUT2D eigenvalue weighted by atomic mass is 16.5. The number of hydrogen-bond acceptors (Lipinski definition) is 5. The molecule has 2 aromatic carbocycles. The van der Waals surface area contributed by atoms with Gasteiger partial charge in [-0.15, -0.1) is 0 Å². The number of carbonyl (C=O) groups excluding carboxylic acids is 1. The van der Waals surface area contributed by atoms with E-state index in [2.05, 4.69) is 54.0 Å². The fourth-order valence-electron chi connectivity index (χ4n) is 10.2. The molecule has 1 saturated heterocycles. The van der Waals surface area contributed by atoms with Crippen LogP contribution in [0.2, 0.25) is 0 Å². The van der Waals surface area contributed by atoms with Crippen LogP contribution in [0.1, 0.15) is 120 Å². The molecule has 0 aromatic heterocycles. The second-order valence-corrected chi connectivity index (χ2v) is 15.8. The number of methoxy groups -OCH3 is 1. The maximum Gasteiger partial charge on any atom is 0.223 e. The Labute approximate surface area is 283 Å². The van der Waals surface area contributed by atoms with E-state index in [0.29, 0.717) is 29.9 Å². The van der Waals surface area contributed by atoms with Crippen LogP contribution in [0.25, 0.3) is 0 Å². The summed E-state index contributed by atoms with van der Waals surface area (Å²) in [5.74, 6) is 3.45. The molecule has 3 fully saturated rings. The standard InChI is InChI=1S/C41H58N2O4/c1-28(2)43(37(45)18-14-9-7-5-4-6-8-11-15-29-16-12-10-13-17-29)33-22-21-32-34-25-31-35(44)26-36(46-3)39-38(31)41(32,40(33)47-39)23-24-42(34)27-30-19-20-30/h10,12-13,16-17,26,28,30,32-34,40,44H,4-9,11,14-15,18-25,27H2,1-3H3/t32-,33-,34+,40-,41-/m0/s1. The number of piperidine rings is 1. The zero-order valence-electron chi connectivity index (χ0n) is 29.2. The van der Waals surface area contributed by atoms with Gasteiger partial charge in [0.25, 0.3) is 0 Å². The quantitative estimate of drug-likeness (QED) is 0.187. The van der Waals surface area contributed by atoms with Crippen LogP contribution in [-0.4, -0.2) is 65.2 Å². The van der Waals surface area contributed by atoms with Gasteiger partial charge in [0.1, 0.15) is 11.9 Å². The maximum absolute atomic E-state index is 14.1. The molecule has 256 valence electrons. The van der Waals surface area contributed by atoms with E-state index in [1.807, 2.05) is 0 Å². The summed E-state index contributed by atoms with van der Waals surface area (Å²) in [6, 6.07) is 13.2. The smallest absolute Gasteiger partial charge is 0.223 e. The van der Waals surface area contributed by atoms with Crippen molar-refractivity contribution in [3.05, 3.63) is 53.1 Å². The molecule has 0 radical (unpaired) electrons. The fraction of sp³-hybridized carbons (Fsp3) is 0.683. The van der Waals surface area contributed by atoms with Gasteiger partial charge in [-0.2, -0.15) is 0 Å².